The van der Waals surface area contributed by atoms with Crippen LogP contribution >= 0.6 is 0 Å². The molecule has 0 bridgehead atoms. The lowest BCUT2D eigenvalue weighted by Crippen LogP contribution is -2.00. The van der Waals surface area contributed by atoms with Crippen LogP contribution in [0.15, 0.2) is 18.2 Å². The van der Waals surface area contributed by atoms with Gasteiger partial charge in [0.05, 0.1) is 0 Å². The van der Waals surface area contributed by atoms with Crippen LogP contribution in [0.2, 0.25) is 0 Å². The molecule has 0 fully saturated rings. The Bertz CT molecular complexity index is 258. The largest absolute Gasteiger partial charge is 0.326 e. The Labute approximate surface area is 72.4 Å². The Kier molecular flexibility index (Phi) is 3.23. The third-order valence-corrected chi connectivity index (χ3v) is 1.87. The van der Waals surface area contributed by atoms with Gasteiger partial charge >= 0.3 is 0 Å². The minimum atomic E-state index is -0.197. The molecule has 2 heteroatoms. The number of hydrogen-bond acceptors (Lipinski definition) is 1. The van der Waals surface area contributed by atoms with Crippen LogP contribution in [-0.4, -0.2) is 0 Å². The second-order valence-corrected chi connectivity index (χ2v) is 2.88. The van der Waals surface area contributed by atoms with Crippen molar-refractivity contribution in [2.75, 3.05) is 0 Å². The quantitative estimate of drug-likeness (QED) is 0.734. The van der Waals surface area contributed by atoms with E-state index in [2.05, 4.69) is 6.92 Å². The first kappa shape index (κ1) is 9.20. The van der Waals surface area contributed by atoms with Gasteiger partial charge in [0.15, 0.2) is 0 Å². The summed E-state index contributed by atoms with van der Waals surface area (Å²) in [5.74, 6) is -0.197. The van der Waals surface area contributed by atoms with Gasteiger partial charge in [0.2, 0.25) is 0 Å². The minimum absolute atomic E-state index is 0.197. The minimum Gasteiger partial charge on any atom is -0.326 e. The molecular formula is C10H14FN. The van der Waals surface area contributed by atoms with Crippen molar-refractivity contribution in [2.45, 2.75) is 26.3 Å². The first-order valence-electron chi connectivity index (χ1n) is 4.25. The summed E-state index contributed by atoms with van der Waals surface area (Å²) in [6, 6.07) is 5.16. The maximum Gasteiger partial charge on any atom is 0.127 e. The van der Waals surface area contributed by atoms with Gasteiger partial charge < -0.3 is 5.73 Å². The zero-order valence-corrected chi connectivity index (χ0v) is 7.31. The molecule has 0 amide bonds. The van der Waals surface area contributed by atoms with E-state index in [4.69, 9.17) is 5.73 Å². The number of benzene rings is 1. The van der Waals surface area contributed by atoms with Gasteiger partial charge in [-0.15, -0.1) is 0 Å². The van der Waals surface area contributed by atoms with E-state index in [1.807, 2.05) is 12.1 Å². The van der Waals surface area contributed by atoms with Crippen molar-refractivity contribution >= 4 is 0 Å². The molecule has 0 atom stereocenters. The Morgan fingerprint density at radius 2 is 2.17 bits per heavy atom. The van der Waals surface area contributed by atoms with Gasteiger partial charge in [0, 0.05) is 12.1 Å². The summed E-state index contributed by atoms with van der Waals surface area (Å²) in [5.41, 5.74) is 7.15. The van der Waals surface area contributed by atoms with E-state index in [9.17, 15) is 4.39 Å². The molecule has 0 aliphatic carbocycles. The molecule has 1 aromatic carbocycles. The van der Waals surface area contributed by atoms with Crippen molar-refractivity contribution in [3.05, 3.63) is 35.1 Å². The van der Waals surface area contributed by atoms with Gasteiger partial charge in [-0.1, -0.05) is 25.5 Å². The number of hydrogen-bond donors (Lipinski definition) is 1. The second-order valence-electron chi connectivity index (χ2n) is 2.88. The molecule has 0 radical (unpaired) electrons. The van der Waals surface area contributed by atoms with Crippen LogP contribution in [0.5, 0.6) is 0 Å². The van der Waals surface area contributed by atoms with Crippen LogP contribution in [0, 0.1) is 5.82 Å². The molecule has 0 unspecified atom stereocenters. The van der Waals surface area contributed by atoms with E-state index in [0.29, 0.717) is 5.56 Å². The van der Waals surface area contributed by atoms with Crippen molar-refractivity contribution in [1.29, 1.82) is 0 Å². The van der Waals surface area contributed by atoms with Gasteiger partial charge in [-0.05, 0) is 18.1 Å². The highest BCUT2D eigenvalue weighted by atomic mass is 19.1. The summed E-state index contributed by atoms with van der Waals surface area (Å²) in [5, 5.41) is 0. The lowest BCUT2D eigenvalue weighted by atomic mass is 10.1. The van der Waals surface area contributed by atoms with Gasteiger partial charge in [-0.3, -0.25) is 0 Å². The highest BCUT2D eigenvalue weighted by molar-refractivity contribution is 5.24. The van der Waals surface area contributed by atoms with E-state index in [1.54, 1.807) is 0 Å². The molecule has 0 aliphatic heterocycles. The Morgan fingerprint density at radius 3 is 2.75 bits per heavy atom. The van der Waals surface area contributed by atoms with Crippen LogP contribution in [0.1, 0.15) is 24.5 Å². The average molecular weight is 167 g/mol. The monoisotopic (exact) mass is 167 g/mol. The lowest BCUT2D eigenvalue weighted by Gasteiger charge is -2.02. The van der Waals surface area contributed by atoms with E-state index >= 15 is 0 Å². The van der Waals surface area contributed by atoms with Crippen molar-refractivity contribution in [3.63, 3.8) is 0 Å². The summed E-state index contributed by atoms with van der Waals surface area (Å²) in [6.07, 6.45) is 2.07. The number of rotatable bonds is 3. The maximum atomic E-state index is 12.9. The lowest BCUT2D eigenvalue weighted by molar-refractivity contribution is 0.609. The van der Waals surface area contributed by atoms with E-state index in [1.165, 1.54) is 11.6 Å². The van der Waals surface area contributed by atoms with E-state index in [0.717, 1.165) is 12.8 Å². The Hall–Kier alpha value is -0.890. The van der Waals surface area contributed by atoms with Crippen LogP contribution in [0.3, 0.4) is 0 Å². The molecule has 1 rings (SSSR count). The summed E-state index contributed by atoms with van der Waals surface area (Å²) in [6.45, 7) is 2.38. The van der Waals surface area contributed by atoms with Crippen molar-refractivity contribution in [3.8, 4) is 0 Å². The van der Waals surface area contributed by atoms with Gasteiger partial charge in [0.1, 0.15) is 5.82 Å². The smallest absolute Gasteiger partial charge is 0.127 e. The van der Waals surface area contributed by atoms with Crippen molar-refractivity contribution in [1.82, 2.24) is 0 Å². The third-order valence-electron chi connectivity index (χ3n) is 1.87. The standard InChI is InChI=1S/C10H14FN/c1-2-3-8-4-5-10(11)9(6-8)7-12/h4-6H,2-3,7,12H2,1H3. The molecule has 2 N–H and O–H groups in total. The zero-order valence-electron chi connectivity index (χ0n) is 7.31. The summed E-state index contributed by atoms with van der Waals surface area (Å²) in [7, 11) is 0. The van der Waals surface area contributed by atoms with E-state index < -0.39 is 0 Å². The first-order valence-corrected chi connectivity index (χ1v) is 4.25. The molecule has 1 nitrogen and oxygen atoms in total. The molecule has 12 heavy (non-hydrogen) atoms. The first-order chi connectivity index (χ1) is 5.77. The van der Waals surface area contributed by atoms with Crippen LogP contribution in [0.4, 0.5) is 4.39 Å². The van der Waals surface area contributed by atoms with Gasteiger partial charge in [-0.2, -0.15) is 0 Å². The molecule has 0 saturated carbocycles. The fraction of sp³-hybridized carbons (Fsp3) is 0.400. The maximum absolute atomic E-state index is 12.9. The van der Waals surface area contributed by atoms with Crippen LogP contribution < -0.4 is 5.73 Å². The topological polar surface area (TPSA) is 26.0 Å². The van der Waals surface area contributed by atoms with Crippen molar-refractivity contribution in [2.24, 2.45) is 5.73 Å². The predicted molar refractivity (Wildman–Crippen MR) is 48.3 cm³/mol. The summed E-state index contributed by atoms with van der Waals surface area (Å²) in [4.78, 5) is 0. The predicted octanol–water partition coefficient (Wildman–Crippen LogP) is 2.24. The molecule has 1 aromatic rings. The normalized spacial score (nSPS) is 10.2. The fourth-order valence-electron chi connectivity index (χ4n) is 1.23. The third kappa shape index (κ3) is 2.05. The molecule has 0 aliphatic rings. The Morgan fingerprint density at radius 1 is 1.42 bits per heavy atom. The Balaban J connectivity index is 2.89. The highest BCUT2D eigenvalue weighted by Crippen LogP contribution is 2.11. The molecule has 0 heterocycles. The highest BCUT2D eigenvalue weighted by Gasteiger charge is 2.00. The number of halogens is 1. The number of nitrogens with two attached hydrogens (primary N) is 1. The van der Waals surface area contributed by atoms with E-state index in [-0.39, 0.29) is 12.4 Å². The van der Waals surface area contributed by atoms with Gasteiger partial charge in [0.25, 0.3) is 0 Å². The SMILES string of the molecule is CCCc1ccc(F)c(CN)c1. The van der Waals surface area contributed by atoms with Crippen molar-refractivity contribution < 1.29 is 4.39 Å². The molecule has 0 saturated heterocycles. The molecule has 0 spiro atoms. The fourth-order valence-corrected chi connectivity index (χ4v) is 1.23. The van der Waals surface area contributed by atoms with Crippen LogP contribution in [-0.2, 0) is 13.0 Å². The molecule has 66 valence electrons. The van der Waals surface area contributed by atoms with Crippen LogP contribution in [0.25, 0.3) is 0 Å². The average Bonchev–Trinajstić information content (AvgIpc) is 2.09. The summed E-state index contributed by atoms with van der Waals surface area (Å²) < 4.78 is 12.9. The molecular weight excluding hydrogens is 153 g/mol. The number of aryl methyl sites for hydroxylation is 1. The molecule has 0 aromatic heterocycles. The van der Waals surface area contributed by atoms with Gasteiger partial charge in [-0.25, -0.2) is 4.39 Å². The zero-order chi connectivity index (χ0) is 8.97. The summed E-state index contributed by atoms with van der Waals surface area (Å²) >= 11 is 0. The second kappa shape index (κ2) is 4.21.